The number of halogens is 1. The number of rotatable bonds is 1. The fraction of sp³-hybridized carbons (Fsp3) is 0.571. The Balaban J connectivity index is 2.01. The molecule has 2 nitrogen and oxygen atoms in total. The fourth-order valence-electron chi connectivity index (χ4n) is 3.15. The van der Waals surface area contributed by atoms with Crippen LogP contribution in [0.15, 0.2) is 6.07 Å². The zero-order valence-electron chi connectivity index (χ0n) is 9.93. The highest BCUT2D eigenvalue weighted by molar-refractivity contribution is 6.33. The Morgan fingerprint density at radius 1 is 1.24 bits per heavy atom. The molecule has 0 radical (unpaired) electrons. The van der Waals surface area contributed by atoms with Gasteiger partial charge in [0, 0.05) is 0 Å². The van der Waals surface area contributed by atoms with Gasteiger partial charge in [0.25, 0.3) is 0 Å². The molecule has 0 amide bonds. The van der Waals surface area contributed by atoms with Crippen molar-refractivity contribution in [2.24, 2.45) is 0 Å². The maximum Gasteiger partial charge on any atom is 0.137 e. The van der Waals surface area contributed by atoms with Crippen molar-refractivity contribution in [1.82, 2.24) is 5.32 Å². The molecule has 1 aromatic carbocycles. The number of benzene rings is 1. The lowest BCUT2D eigenvalue weighted by Crippen LogP contribution is -2.26. The molecule has 1 aliphatic carbocycles. The molecule has 3 rings (SSSR count). The van der Waals surface area contributed by atoms with Crippen LogP contribution in [0.3, 0.4) is 0 Å². The van der Waals surface area contributed by atoms with Gasteiger partial charge in [-0.15, -0.1) is 0 Å². The molecule has 0 saturated carbocycles. The van der Waals surface area contributed by atoms with Gasteiger partial charge in [0.05, 0.1) is 5.02 Å². The van der Waals surface area contributed by atoms with Crippen molar-refractivity contribution in [3.05, 3.63) is 27.8 Å². The molecule has 0 bridgehead atoms. The second kappa shape index (κ2) is 4.51. The molecule has 0 aromatic heterocycles. The van der Waals surface area contributed by atoms with Gasteiger partial charge in [-0.2, -0.15) is 0 Å². The quantitative estimate of drug-likeness (QED) is 0.804. The smallest absolute Gasteiger partial charge is 0.137 e. The van der Waals surface area contributed by atoms with Gasteiger partial charge in [-0.25, -0.2) is 0 Å². The van der Waals surface area contributed by atoms with E-state index in [2.05, 4.69) is 11.4 Å². The van der Waals surface area contributed by atoms with Crippen LogP contribution >= 0.6 is 11.6 Å². The lowest BCUT2D eigenvalue weighted by Gasteiger charge is -2.25. The van der Waals surface area contributed by atoms with Crippen LogP contribution in [0.5, 0.6) is 5.75 Å². The molecule has 1 aromatic rings. The number of aryl methyl sites for hydroxylation is 1. The molecule has 2 aliphatic rings. The maximum atomic E-state index is 10.3. The molecule has 92 valence electrons. The number of phenolic OH excluding ortho intramolecular Hbond substituents is 1. The summed E-state index contributed by atoms with van der Waals surface area (Å²) in [6.07, 6.45) is 5.51. The van der Waals surface area contributed by atoms with Crippen molar-refractivity contribution in [3.63, 3.8) is 0 Å². The summed E-state index contributed by atoms with van der Waals surface area (Å²) in [6, 6.07) is 2.21. The highest BCUT2D eigenvalue weighted by Gasteiger charge is 2.25. The van der Waals surface area contributed by atoms with Crippen molar-refractivity contribution in [2.45, 2.75) is 38.0 Å². The van der Waals surface area contributed by atoms with Crippen LogP contribution in [0.4, 0.5) is 0 Å². The Morgan fingerprint density at radius 3 is 2.76 bits per heavy atom. The summed E-state index contributed by atoms with van der Waals surface area (Å²) in [5, 5.41) is 14.2. The normalized spacial score (nSPS) is 20.5. The van der Waals surface area contributed by atoms with E-state index in [4.69, 9.17) is 11.6 Å². The van der Waals surface area contributed by atoms with Crippen LogP contribution in [-0.2, 0) is 12.8 Å². The van der Waals surface area contributed by atoms with Gasteiger partial charge in [0.2, 0.25) is 0 Å². The molecule has 2 N–H and O–H groups in total. The third-order valence-electron chi connectivity index (χ3n) is 4.12. The Labute approximate surface area is 107 Å². The minimum Gasteiger partial charge on any atom is -0.506 e. The average Bonchev–Trinajstić information content (AvgIpc) is 2.83. The fourth-order valence-corrected chi connectivity index (χ4v) is 3.47. The van der Waals surface area contributed by atoms with E-state index in [9.17, 15) is 5.11 Å². The van der Waals surface area contributed by atoms with Gasteiger partial charge in [-0.05, 0) is 67.8 Å². The summed E-state index contributed by atoms with van der Waals surface area (Å²) in [5.41, 5.74) is 3.63. The van der Waals surface area contributed by atoms with E-state index < -0.39 is 0 Å². The minimum absolute atomic E-state index is 0.346. The summed E-state index contributed by atoms with van der Waals surface area (Å²) < 4.78 is 0. The van der Waals surface area contributed by atoms with Gasteiger partial charge in [-0.3, -0.25) is 0 Å². The van der Waals surface area contributed by atoms with Crippen LogP contribution in [-0.4, -0.2) is 18.2 Å². The monoisotopic (exact) mass is 251 g/mol. The second-order valence-corrected chi connectivity index (χ2v) is 5.52. The van der Waals surface area contributed by atoms with Gasteiger partial charge in [0.15, 0.2) is 0 Å². The molecule has 1 saturated heterocycles. The van der Waals surface area contributed by atoms with Crippen LogP contribution in [0, 0.1) is 0 Å². The lowest BCUT2D eigenvalue weighted by molar-refractivity contribution is 0.424. The number of hydrogen-bond acceptors (Lipinski definition) is 2. The number of aromatic hydroxyl groups is 1. The largest absolute Gasteiger partial charge is 0.506 e. The molecule has 3 heteroatoms. The van der Waals surface area contributed by atoms with E-state index in [1.54, 1.807) is 0 Å². The van der Waals surface area contributed by atoms with Crippen LogP contribution in [0.2, 0.25) is 5.02 Å². The summed E-state index contributed by atoms with van der Waals surface area (Å²) in [4.78, 5) is 0. The van der Waals surface area contributed by atoms with Gasteiger partial charge in [-0.1, -0.05) is 17.7 Å². The third kappa shape index (κ3) is 1.94. The zero-order valence-corrected chi connectivity index (χ0v) is 10.7. The number of hydrogen-bond donors (Lipinski definition) is 2. The highest BCUT2D eigenvalue weighted by atomic mass is 35.5. The molecule has 1 fully saturated rings. The topological polar surface area (TPSA) is 32.3 Å². The van der Waals surface area contributed by atoms with Crippen molar-refractivity contribution >= 4 is 11.6 Å². The Morgan fingerprint density at radius 2 is 2.00 bits per heavy atom. The number of fused-ring (bicyclic) bond motifs is 1. The van der Waals surface area contributed by atoms with Crippen LogP contribution < -0.4 is 5.32 Å². The summed E-state index contributed by atoms with van der Waals surface area (Å²) in [6.45, 7) is 2.08. The van der Waals surface area contributed by atoms with Gasteiger partial charge in [0.1, 0.15) is 5.75 Å². The average molecular weight is 252 g/mol. The van der Waals surface area contributed by atoms with Crippen molar-refractivity contribution < 1.29 is 5.11 Å². The van der Waals surface area contributed by atoms with E-state index in [1.807, 2.05) is 0 Å². The Bertz CT molecular complexity index is 438. The van der Waals surface area contributed by atoms with Gasteiger partial charge < -0.3 is 10.4 Å². The standard InChI is InChI=1S/C14H18ClNO/c15-13-11-3-1-2-10(11)8-12(14(13)17)9-4-6-16-7-5-9/h8-9,16-17H,1-7H2. The summed E-state index contributed by atoms with van der Waals surface area (Å²) >= 11 is 6.30. The molecule has 1 aliphatic heterocycles. The predicted molar refractivity (Wildman–Crippen MR) is 70.0 cm³/mol. The maximum absolute atomic E-state index is 10.3. The number of phenols is 1. The first-order valence-electron chi connectivity index (χ1n) is 6.51. The molecular formula is C14H18ClNO. The number of nitrogens with one attached hydrogen (secondary N) is 1. The number of piperidine rings is 1. The molecule has 1 heterocycles. The first-order chi connectivity index (χ1) is 8.27. The lowest BCUT2D eigenvalue weighted by atomic mass is 9.88. The third-order valence-corrected chi connectivity index (χ3v) is 4.52. The van der Waals surface area contributed by atoms with Crippen molar-refractivity contribution in [1.29, 1.82) is 0 Å². The van der Waals surface area contributed by atoms with Crippen molar-refractivity contribution in [3.8, 4) is 5.75 Å². The molecule has 0 spiro atoms. The minimum atomic E-state index is 0.346. The summed E-state index contributed by atoms with van der Waals surface area (Å²) in [7, 11) is 0. The van der Waals surface area contributed by atoms with Crippen molar-refractivity contribution in [2.75, 3.05) is 13.1 Å². The van der Waals surface area contributed by atoms with E-state index in [0.717, 1.165) is 44.3 Å². The molecule has 0 unspecified atom stereocenters. The van der Waals surface area contributed by atoms with E-state index >= 15 is 0 Å². The molecular weight excluding hydrogens is 234 g/mol. The second-order valence-electron chi connectivity index (χ2n) is 5.14. The predicted octanol–water partition coefficient (Wildman–Crippen LogP) is 3.00. The van der Waals surface area contributed by atoms with Gasteiger partial charge >= 0.3 is 0 Å². The first-order valence-corrected chi connectivity index (χ1v) is 6.89. The van der Waals surface area contributed by atoms with E-state index in [-0.39, 0.29) is 0 Å². The molecule has 17 heavy (non-hydrogen) atoms. The first kappa shape index (κ1) is 11.4. The SMILES string of the molecule is Oc1c(C2CCNCC2)cc2c(c1Cl)CCC2. The van der Waals surface area contributed by atoms with Crippen LogP contribution in [0.1, 0.15) is 41.9 Å². The highest BCUT2D eigenvalue weighted by Crippen LogP contribution is 2.42. The zero-order chi connectivity index (χ0) is 11.8. The summed E-state index contributed by atoms with van der Waals surface area (Å²) in [5.74, 6) is 0.818. The Kier molecular flexibility index (Phi) is 3.01. The Hall–Kier alpha value is -0.730. The van der Waals surface area contributed by atoms with E-state index in [1.165, 1.54) is 17.5 Å². The molecule has 0 atom stereocenters. The van der Waals surface area contributed by atoms with E-state index in [0.29, 0.717) is 16.7 Å². The van der Waals surface area contributed by atoms with Crippen LogP contribution in [0.25, 0.3) is 0 Å².